The number of halogens is 1. The summed E-state index contributed by atoms with van der Waals surface area (Å²) in [5.74, 6) is -0.0862. The Balaban J connectivity index is 2.40. The highest BCUT2D eigenvalue weighted by Crippen LogP contribution is 2.26. The molecule has 0 spiro atoms. The van der Waals surface area contributed by atoms with Gasteiger partial charge in [0.15, 0.2) is 0 Å². The maximum Gasteiger partial charge on any atom is 0.243 e. The first-order chi connectivity index (χ1) is 8.67. The molecule has 0 atom stereocenters. The highest BCUT2D eigenvalue weighted by Gasteiger charge is 2.25. The number of carbonyl (C=O) groups is 1. The van der Waals surface area contributed by atoms with Gasteiger partial charge in [-0.05, 0) is 38.5 Å². The summed E-state index contributed by atoms with van der Waals surface area (Å²) in [5.41, 5.74) is 3.73. The summed E-state index contributed by atoms with van der Waals surface area (Å²) in [6, 6.07) is 0. The molecule has 104 valence electrons. The minimum atomic E-state index is -0.715. The zero-order valence-corrected chi connectivity index (χ0v) is 11.5. The van der Waals surface area contributed by atoms with Crippen LogP contribution in [0.5, 0.6) is 0 Å². The van der Waals surface area contributed by atoms with E-state index in [9.17, 15) is 9.18 Å². The molecule has 1 amide bonds. The molecular weight excluding hydrogens is 231 g/mol. The van der Waals surface area contributed by atoms with E-state index in [1.165, 1.54) is 0 Å². The topological polar surface area (TPSA) is 41.5 Å². The van der Waals surface area contributed by atoms with E-state index in [1.807, 2.05) is 0 Å². The Labute approximate surface area is 109 Å². The van der Waals surface area contributed by atoms with Gasteiger partial charge in [0.25, 0.3) is 0 Å². The first-order valence-electron chi connectivity index (χ1n) is 7.16. The second-order valence-corrected chi connectivity index (χ2v) is 5.10. The Bertz CT molecular complexity index is 276. The number of hydrogen-bond acceptors (Lipinski definition) is 2. The number of nitrogens with one attached hydrogen (secondary N) is 1. The molecule has 0 aromatic rings. The lowest BCUT2D eigenvalue weighted by atomic mass is 9.88. The van der Waals surface area contributed by atoms with Gasteiger partial charge >= 0.3 is 0 Å². The zero-order chi connectivity index (χ0) is 13.4. The number of hydrazone groups is 1. The van der Waals surface area contributed by atoms with Crippen LogP contribution in [-0.2, 0) is 4.79 Å². The first-order valence-corrected chi connectivity index (χ1v) is 7.16. The summed E-state index contributed by atoms with van der Waals surface area (Å²) in [4.78, 5) is 11.9. The summed E-state index contributed by atoms with van der Waals surface area (Å²) in [6.07, 6.45) is 5.57. The van der Waals surface area contributed by atoms with Crippen LogP contribution in [0.4, 0.5) is 4.39 Å². The molecule has 1 fully saturated rings. The maximum atomic E-state index is 13.0. The molecule has 1 saturated carbocycles. The van der Waals surface area contributed by atoms with Gasteiger partial charge < -0.3 is 0 Å². The monoisotopic (exact) mass is 256 g/mol. The Kier molecular flexibility index (Phi) is 6.91. The summed E-state index contributed by atoms with van der Waals surface area (Å²) >= 11 is 0. The average molecular weight is 256 g/mol. The van der Waals surface area contributed by atoms with Crippen molar-refractivity contribution >= 4 is 11.6 Å². The molecule has 0 aliphatic heterocycles. The SMILES string of the molecule is CCCC(CCC)=NNC(=O)C1CCC(F)CC1. The Morgan fingerprint density at radius 3 is 2.22 bits per heavy atom. The van der Waals surface area contributed by atoms with Crippen molar-refractivity contribution in [3.63, 3.8) is 0 Å². The fourth-order valence-corrected chi connectivity index (χ4v) is 2.35. The van der Waals surface area contributed by atoms with Gasteiger partial charge in [-0.25, -0.2) is 9.82 Å². The molecular formula is C14H25FN2O. The van der Waals surface area contributed by atoms with E-state index in [4.69, 9.17) is 0 Å². The van der Waals surface area contributed by atoms with E-state index in [2.05, 4.69) is 24.4 Å². The molecule has 18 heavy (non-hydrogen) atoms. The van der Waals surface area contributed by atoms with Crippen LogP contribution in [0, 0.1) is 5.92 Å². The lowest BCUT2D eigenvalue weighted by Gasteiger charge is -2.22. The highest BCUT2D eigenvalue weighted by atomic mass is 19.1. The quantitative estimate of drug-likeness (QED) is 0.572. The highest BCUT2D eigenvalue weighted by molar-refractivity contribution is 5.86. The molecule has 0 saturated heterocycles. The third kappa shape index (κ3) is 5.15. The maximum absolute atomic E-state index is 13.0. The van der Waals surface area contributed by atoms with E-state index in [-0.39, 0.29) is 11.8 Å². The van der Waals surface area contributed by atoms with E-state index in [0.717, 1.165) is 31.4 Å². The smallest absolute Gasteiger partial charge is 0.243 e. The molecule has 0 bridgehead atoms. The second-order valence-electron chi connectivity index (χ2n) is 5.10. The van der Waals surface area contributed by atoms with Gasteiger partial charge in [-0.2, -0.15) is 5.10 Å². The number of alkyl halides is 1. The van der Waals surface area contributed by atoms with Gasteiger partial charge in [0.2, 0.25) is 5.91 Å². The molecule has 1 rings (SSSR count). The van der Waals surface area contributed by atoms with Crippen LogP contribution in [0.25, 0.3) is 0 Å². The molecule has 0 aromatic heterocycles. The number of nitrogens with zero attached hydrogens (tertiary/aromatic N) is 1. The fourth-order valence-electron chi connectivity index (χ4n) is 2.35. The summed E-state index contributed by atoms with van der Waals surface area (Å²) in [5, 5.41) is 4.22. The van der Waals surface area contributed by atoms with Crippen molar-refractivity contribution in [1.29, 1.82) is 0 Å². The predicted octanol–water partition coefficient (Wildman–Crippen LogP) is 3.59. The molecule has 0 radical (unpaired) electrons. The molecule has 0 aromatic carbocycles. The third-order valence-electron chi connectivity index (χ3n) is 3.43. The molecule has 1 N–H and O–H groups in total. The molecule has 0 heterocycles. The lowest BCUT2D eigenvalue weighted by molar-refractivity contribution is -0.126. The Morgan fingerprint density at radius 2 is 1.72 bits per heavy atom. The Hall–Kier alpha value is -0.930. The standard InChI is InChI=1S/C14H25FN2O/c1-3-5-13(6-4-2)16-17-14(18)11-7-9-12(15)10-8-11/h11-12H,3-10H2,1-2H3,(H,17,18). The Morgan fingerprint density at radius 1 is 1.17 bits per heavy atom. The summed E-state index contributed by atoms with van der Waals surface area (Å²) < 4.78 is 13.0. The minimum Gasteiger partial charge on any atom is -0.273 e. The number of rotatable bonds is 6. The molecule has 0 unspecified atom stereocenters. The van der Waals surface area contributed by atoms with Gasteiger partial charge in [0.1, 0.15) is 6.17 Å². The van der Waals surface area contributed by atoms with Crippen molar-refractivity contribution in [3.05, 3.63) is 0 Å². The van der Waals surface area contributed by atoms with Crippen molar-refractivity contribution in [2.75, 3.05) is 0 Å². The van der Waals surface area contributed by atoms with E-state index >= 15 is 0 Å². The van der Waals surface area contributed by atoms with Crippen molar-refractivity contribution in [2.24, 2.45) is 11.0 Å². The molecule has 1 aliphatic carbocycles. The van der Waals surface area contributed by atoms with Crippen LogP contribution < -0.4 is 5.43 Å². The number of amides is 1. The van der Waals surface area contributed by atoms with Crippen LogP contribution in [0.3, 0.4) is 0 Å². The minimum absolute atomic E-state index is 0.0355. The van der Waals surface area contributed by atoms with Crippen molar-refractivity contribution in [1.82, 2.24) is 5.43 Å². The van der Waals surface area contributed by atoms with Gasteiger partial charge in [-0.1, -0.05) is 26.7 Å². The zero-order valence-electron chi connectivity index (χ0n) is 11.5. The van der Waals surface area contributed by atoms with Crippen LogP contribution in [0.1, 0.15) is 65.2 Å². The molecule has 1 aliphatic rings. The van der Waals surface area contributed by atoms with Crippen LogP contribution in [0.15, 0.2) is 5.10 Å². The summed E-state index contributed by atoms with van der Waals surface area (Å²) in [7, 11) is 0. The number of carbonyl (C=O) groups excluding carboxylic acids is 1. The number of hydrogen-bond donors (Lipinski definition) is 1. The van der Waals surface area contributed by atoms with Gasteiger partial charge in [-0.15, -0.1) is 0 Å². The largest absolute Gasteiger partial charge is 0.273 e. The lowest BCUT2D eigenvalue weighted by Crippen LogP contribution is -2.31. The van der Waals surface area contributed by atoms with E-state index in [0.29, 0.717) is 25.7 Å². The van der Waals surface area contributed by atoms with Crippen molar-refractivity contribution in [2.45, 2.75) is 71.4 Å². The predicted molar refractivity (Wildman–Crippen MR) is 72.2 cm³/mol. The average Bonchev–Trinajstić information content (AvgIpc) is 2.37. The fraction of sp³-hybridized carbons (Fsp3) is 0.857. The second kappa shape index (κ2) is 8.22. The molecule has 3 nitrogen and oxygen atoms in total. The van der Waals surface area contributed by atoms with Gasteiger partial charge in [-0.3, -0.25) is 4.79 Å². The normalized spacial score (nSPS) is 23.5. The molecule has 4 heteroatoms. The van der Waals surface area contributed by atoms with Crippen LogP contribution >= 0.6 is 0 Å². The van der Waals surface area contributed by atoms with Gasteiger partial charge in [0.05, 0.1) is 0 Å². The van der Waals surface area contributed by atoms with Crippen molar-refractivity contribution < 1.29 is 9.18 Å². The van der Waals surface area contributed by atoms with E-state index in [1.54, 1.807) is 0 Å². The summed E-state index contributed by atoms with van der Waals surface area (Å²) in [6.45, 7) is 4.21. The van der Waals surface area contributed by atoms with Crippen molar-refractivity contribution in [3.8, 4) is 0 Å². The third-order valence-corrected chi connectivity index (χ3v) is 3.43. The first kappa shape index (κ1) is 15.1. The van der Waals surface area contributed by atoms with E-state index < -0.39 is 6.17 Å². The van der Waals surface area contributed by atoms with Crippen LogP contribution in [0.2, 0.25) is 0 Å². The van der Waals surface area contributed by atoms with Gasteiger partial charge in [0, 0.05) is 11.6 Å². The van der Waals surface area contributed by atoms with Crippen LogP contribution in [-0.4, -0.2) is 17.8 Å².